The number of hydrogen-bond donors (Lipinski definition) is 1. The molecule has 0 fully saturated rings. The van der Waals surface area contributed by atoms with Crippen molar-refractivity contribution in [3.63, 3.8) is 0 Å². The Labute approximate surface area is 47.5 Å². The van der Waals surface area contributed by atoms with Gasteiger partial charge in [0.05, 0.1) is 0 Å². The Bertz CT molecular complexity index is 17.1. The van der Waals surface area contributed by atoms with Crippen LogP contribution in [0.4, 0.5) is 0 Å². The summed E-state index contributed by atoms with van der Waals surface area (Å²) in [5.41, 5.74) is 5.11. The first-order valence-corrected chi connectivity index (χ1v) is 2.49. The van der Waals surface area contributed by atoms with Gasteiger partial charge < -0.3 is 11.2 Å². The molecular formula is C5H19NO. The Morgan fingerprint density at radius 1 is 1.29 bits per heavy atom. The molecule has 0 aliphatic heterocycles. The van der Waals surface area contributed by atoms with Gasteiger partial charge in [-0.25, -0.2) is 0 Å². The van der Waals surface area contributed by atoms with Crippen LogP contribution in [0.3, 0.4) is 0 Å². The van der Waals surface area contributed by atoms with Crippen molar-refractivity contribution in [3.8, 4) is 0 Å². The Hall–Kier alpha value is -0.0800. The van der Waals surface area contributed by atoms with Crippen LogP contribution in [0.1, 0.15) is 29.1 Å². The second kappa shape index (κ2) is 16.8. The second-order valence-electron chi connectivity index (χ2n) is 1.24. The van der Waals surface area contributed by atoms with E-state index >= 15 is 0 Å². The zero-order valence-corrected chi connectivity index (χ0v) is 5.65. The van der Waals surface area contributed by atoms with Gasteiger partial charge in [0, 0.05) is 1.43 Å². The average molecular weight is 109 g/mol. The van der Waals surface area contributed by atoms with Gasteiger partial charge in [0.25, 0.3) is 0 Å². The van der Waals surface area contributed by atoms with E-state index < -0.39 is 0 Å². The standard InChI is InChI=1S/C3H9N.C2H6.H2O.H2/c1-3(2)4;1-2;;/h3H,4H2,1-2H3;1-2H3;1H2;1H. The summed E-state index contributed by atoms with van der Waals surface area (Å²) in [5, 5.41) is 0. The summed E-state index contributed by atoms with van der Waals surface area (Å²) < 4.78 is 0. The van der Waals surface area contributed by atoms with E-state index in [0.29, 0.717) is 6.04 Å². The maximum absolute atomic E-state index is 5.11. The number of nitrogens with two attached hydrogens (primary N) is 1. The first kappa shape index (κ1) is 15.8. The predicted molar refractivity (Wildman–Crippen MR) is 36.4 cm³/mol. The molecule has 50 valence electrons. The maximum Gasteiger partial charge on any atom is 0 e. The van der Waals surface area contributed by atoms with Crippen molar-refractivity contribution in [2.75, 3.05) is 0 Å². The molecule has 7 heavy (non-hydrogen) atoms. The van der Waals surface area contributed by atoms with Gasteiger partial charge in [-0.1, -0.05) is 27.7 Å². The SMILES string of the molecule is CC.CC(C)N.O.[HH]. The summed E-state index contributed by atoms with van der Waals surface area (Å²) in [6, 6.07) is 0.333. The Morgan fingerprint density at radius 3 is 1.29 bits per heavy atom. The second-order valence-corrected chi connectivity index (χ2v) is 1.24. The molecule has 0 heterocycles. The highest BCUT2D eigenvalue weighted by Crippen LogP contribution is 1.58. The predicted octanol–water partition coefficient (Wildman–Crippen LogP) is 0.801. The molecule has 0 unspecified atom stereocenters. The molecule has 0 bridgehead atoms. The lowest BCUT2D eigenvalue weighted by molar-refractivity contribution is 0.824. The fraction of sp³-hybridized carbons (Fsp3) is 1.00. The molecule has 0 aliphatic rings. The van der Waals surface area contributed by atoms with Crippen molar-refractivity contribution in [2.24, 2.45) is 5.73 Å². The molecule has 0 atom stereocenters. The van der Waals surface area contributed by atoms with Gasteiger partial charge in [0.15, 0.2) is 0 Å². The lowest BCUT2D eigenvalue weighted by atomic mass is 10.5. The normalized spacial score (nSPS) is 6.00. The molecule has 0 aromatic heterocycles. The van der Waals surface area contributed by atoms with E-state index in [1.165, 1.54) is 0 Å². The van der Waals surface area contributed by atoms with Crippen LogP contribution in [0.15, 0.2) is 0 Å². The summed E-state index contributed by atoms with van der Waals surface area (Å²) in [7, 11) is 0. The van der Waals surface area contributed by atoms with Crippen molar-refractivity contribution in [2.45, 2.75) is 33.7 Å². The van der Waals surface area contributed by atoms with E-state index in [0.717, 1.165) is 0 Å². The largest absolute Gasteiger partial charge is 0.412 e. The van der Waals surface area contributed by atoms with Crippen LogP contribution in [0, 0.1) is 0 Å². The zero-order chi connectivity index (χ0) is 5.58. The van der Waals surface area contributed by atoms with E-state index in [-0.39, 0.29) is 6.90 Å². The third-order valence-electron chi connectivity index (χ3n) is 0. The van der Waals surface area contributed by atoms with Crippen LogP contribution in [-0.4, -0.2) is 11.5 Å². The fourth-order valence-corrected chi connectivity index (χ4v) is 0. The smallest absolute Gasteiger partial charge is 0 e. The monoisotopic (exact) mass is 109 g/mol. The third-order valence-corrected chi connectivity index (χ3v) is 0. The van der Waals surface area contributed by atoms with Crippen molar-refractivity contribution in [1.29, 1.82) is 0 Å². The number of hydrogen-bond acceptors (Lipinski definition) is 1. The highest BCUT2D eigenvalue weighted by molar-refractivity contribution is 4.32. The van der Waals surface area contributed by atoms with Gasteiger partial charge in [-0.2, -0.15) is 0 Å². The van der Waals surface area contributed by atoms with Crippen molar-refractivity contribution < 1.29 is 6.90 Å². The highest BCUT2D eigenvalue weighted by atomic mass is 16.0. The van der Waals surface area contributed by atoms with Gasteiger partial charge in [0.1, 0.15) is 0 Å². The summed E-state index contributed by atoms with van der Waals surface area (Å²) >= 11 is 0. The van der Waals surface area contributed by atoms with Gasteiger partial charge in [0.2, 0.25) is 0 Å². The van der Waals surface area contributed by atoms with Crippen LogP contribution in [0.2, 0.25) is 0 Å². The van der Waals surface area contributed by atoms with Gasteiger partial charge >= 0.3 is 0 Å². The van der Waals surface area contributed by atoms with Crippen LogP contribution < -0.4 is 5.73 Å². The summed E-state index contributed by atoms with van der Waals surface area (Å²) in [6.07, 6.45) is 0. The lowest BCUT2D eigenvalue weighted by Gasteiger charge is -1.81. The van der Waals surface area contributed by atoms with Crippen LogP contribution in [-0.2, 0) is 0 Å². The lowest BCUT2D eigenvalue weighted by Crippen LogP contribution is -2.06. The molecular weight excluding hydrogens is 90.1 g/mol. The third kappa shape index (κ3) is 14200. The Balaban J connectivity index is -0.0000000183. The maximum atomic E-state index is 5.11. The van der Waals surface area contributed by atoms with E-state index in [9.17, 15) is 0 Å². The molecule has 0 rings (SSSR count). The summed E-state index contributed by atoms with van der Waals surface area (Å²) in [6.45, 7) is 7.89. The quantitative estimate of drug-likeness (QED) is 0.491. The van der Waals surface area contributed by atoms with E-state index in [1.807, 2.05) is 27.7 Å². The Kier molecular flexibility index (Phi) is 37.9. The minimum absolute atomic E-state index is 0. The molecule has 2 nitrogen and oxygen atoms in total. The summed E-state index contributed by atoms with van der Waals surface area (Å²) in [4.78, 5) is 0. The molecule has 0 aromatic carbocycles. The molecule has 0 amide bonds. The van der Waals surface area contributed by atoms with E-state index in [2.05, 4.69) is 0 Å². The van der Waals surface area contributed by atoms with Crippen molar-refractivity contribution >= 4 is 0 Å². The first-order chi connectivity index (χ1) is 2.73. The van der Waals surface area contributed by atoms with Crippen LogP contribution >= 0.6 is 0 Å². The highest BCUT2D eigenvalue weighted by Gasteiger charge is 1.67. The average Bonchev–Trinajstić information content (AvgIpc) is 1.41. The molecule has 0 aliphatic carbocycles. The number of rotatable bonds is 0. The van der Waals surface area contributed by atoms with E-state index in [1.54, 1.807) is 0 Å². The minimum Gasteiger partial charge on any atom is -0.412 e. The zero-order valence-electron chi connectivity index (χ0n) is 5.65. The molecule has 0 spiro atoms. The van der Waals surface area contributed by atoms with Crippen LogP contribution in [0.25, 0.3) is 0 Å². The molecule has 0 radical (unpaired) electrons. The van der Waals surface area contributed by atoms with Gasteiger partial charge in [-0.05, 0) is 6.04 Å². The van der Waals surface area contributed by atoms with Crippen LogP contribution in [0.5, 0.6) is 0 Å². The molecule has 0 saturated carbocycles. The first-order valence-electron chi connectivity index (χ1n) is 2.49. The van der Waals surface area contributed by atoms with Crippen molar-refractivity contribution in [3.05, 3.63) is 0 Å². The topological polar surface area (TPSA) is 57.5 Å². The van der Waals surface area contributed by atoms with Gasteiger partial charge in [-0.3, -0.25) is 0 Å². The fourth-order valence-electron chi connectivity index (χ4n) is 0. The van der Waals surface area contributed by atoms with Gasteiger partial charge in [-0.15, -0.1) is 0 Å². The molecule has 0 saturated heterocycles. The Morgan fingerprint density at radius 2 is 1.29 bits per heavy atom. The van der Waals surface area contributed by atoms with Crippen molar-refractivity contribution in [1.82, 2.24) is 0 Å². The van der Waals surface area contributed by atoms with E-state index in [4.69, 9.17) is 5.73 Å². The molecule has 0 aromatic rings. The summed E-state index contributed by atoms with van der Waals surface area (Å²) in [5.74, 6) is 0. The minimum atomic E-state index is 0. The molecule has 4 N–H and O–H groups in total. The molecule has 2 heteroatoms.